The van der Waals surface area contributed by atoms with Crippen molar-refractivity contribution in [3.05, 3.63) is 0 Å². The van der Waals surface area contributed by atoms with Gasteiger partial charge in [0.1, 0.15) is 15.9 Å². The van der Waals surface area contributed by atoms with Crippen LogP contribution in [0.15, 0.2) is 0 Å². The molecule has 4 saturated heterocycles. The molecule has 4 aliphatic heterocycles. The molecule has 0 aromatic heterocycles. The average molecular weight is 570 g/mol. The van der Waals surface area contributed by atoms with Crippen LogP contribution in [0, 0.1) is 11.8 Å². The lowest BCUT2D eigenvalue weighted by molar-refractivity contribution is -0.203. The van der Waals surface area contributed by atoms with Gasteiger partial charge in [-0.1, -0.05) is 0 Å². The van der Waals surface area contributed by atoms with E-state index in [-0.39, 0.29) is 42.1 Å². The molecule has 4 heterocycles. The Morgan fingerprint density at radius 2 is 1.73 bits per heavy atom. The first-order valence-electron chi connectivity index (χ1n) is 13.7. The molecule has 5 atom stereocenters. The lowest BCUT2D eigenvalue weighted by atomic mass is 9.78. The number of halogens is 4. The van der Waals surface area contributed by atoms with Gasteiger partial charge in [0.25, 0.3) is 0 Å². The third kappa shape index (κ3) is 5.79. The largest absolute Gasteiger partial charge is 0.409 e. The number of likely N-dealkylation sites (tertiary alicyclic amines) is 1. The van der Waals surface area contributed by atoms with E-state index >= 15 is 0 Å². The molecule has 5 rings (SSSR count). The van der Waals surface area contributed by atoms with Crippen molar-refractivity contribution < 1.29 is 26.4 Å². The summed E-state index contributed by atoms with van der Waals surface area (Å²) in [6, 6.07) is -0.964. The van der Waals surface area contributed by atoms with Crippen LogP contribution in [-0.2, 0) is 14.6 Å². The lowest BCUT2D eigenvalue weighted by Crippen LogP contribution is -2.70. The van der Waals surface area contributed by atoms with Gasteiger partial charge < -0.3 is 4.90 Å². The number of hydrogen-bond donors (Lipinski definition) is 2. The molecule has 4 unspecified atom stereocenters. The van der Waals surface area contributed by atoms with Crippen LogP contribution in [0.4, 0.5) is 13.2 Å². The quantitative estimate of drug-likeness (QED) is 0.397. The molecule has 0 bridgehead atoms. The van der Waals surface area contributed by atoms with Gasteiger partial charge in [-0.3, -0.25) is 15.0 Å². The molecule has 37 heavy (non-hydrogen) atoms. The molecule has 1 aliphatic carbocycles. The standard InChI is InChI=1S/C24H39ClF3N5O3S/c1-31(23(34)16-8-11-37(35,36)12-9-16)22(24(26,27)28)15-4-6-17(7-5-15)32-10-2-3-18-19(32)14-29-21-13-20(25)30-33(18)21/h15-22,29-30H,2-14H2,1H3/t15?,17?,18?,19?,20?,21?,22-/m0/s1. The Hall–Kier alpha value is -0.660. The predicted molar refractivity (Wildman–Crippen MR) is 134 cm³/mol. The van der Waals surface area contributed by atoms with Gasteiger partial charge in [-0.05, 0) is 63.8 Å². The van der Waals surface area contributed by atoms with Crippen LogP contribution in [0.3, 0.4) is 0 Å². The first-order chi connectivity index (χ1) is 17.4. The Balaban J connectivity index is 1.22. The predicted octanol–water partition coefficient (Wildman–Crippen LogP) is 2.30. The van der Waals surface area contributed by atoms with Gasteiger partial charge in [-0.2, -0.15) is 13.2 Å². The molecule has 1 amide bonds. The van der Waals surface area contributed by atoms with Crippen LogP contribution in [-0.4, -0.2) is 103 Å². The van der Waals surface area contributed by atoms with E-state index < -0.39 is 39.8 Å². The molecule has 13 heteroatoms. The number of piperidine rings is 1. The number of carbonyl (C=O) groups excluding carboxylic acids is 1. The minimum absolute atomic E-state index is 0.0842. The molecule has 5 fully saturated rings. The number of alkyl halides is 4. The van der Waals surface area contributed by atoms with Crippen molar-refractivity contribution in [2.45, 2.75) is 99.8 Å². The minimum atomic E-state index is -4.53. The summed E-state index contributed by atoms with van der Waals surface area (Å²) in [7, 11) is -1.94. The van der Waals surface area contributed by atoms with Gasteiger partial charge in [0, 0.05) is 44.1 Å². The normalized spacial score (nSPS) is 38.5. The number of sulfone groups is 1. The molecule has 212 valence electrons. The Morgan fingerprint density at radius 3 is 2.38 bits per heavy atom. The smallest absolute Gasteiger partial charge is 0.333 e. The van der Waals surface area contributed by atoms with Gasteiger partial charge in [0.05, 0.1) is 23.2 Å². The number of nitrogens with zero attached hydrogens (tertiary/aromatic N) is 3. The van der Waals surface area contributed by atoms with E-state index in [0.29, 0.717) is 37.8 Å². The molecule has 0 aromatic rings. The highest BCUT2D eigenvalue weighted by atomic mass is 35.5. The summed E-state index contributed by atoms with van der Waals surface area (Å²) in [4.78, 5) is 16.4. The van der Waals surface area contributed by atoms with Crippen LogP contribution in [0.5, 0.6) is 0 Å². The minimum Gasteiger partial charge on any atom is -0.333 e. The monoisotopic (exact) mass is 569 g/mol. The summed E-state index contributed by atoms with van der Waals surface area (Å²) in [5, 5.41) is 5.86. The van der Waals surface area contributed by atoms with Crippen LogP contribution in [0.2, 0.25) is 0 Å². The lowest BCUT2D eigenvalue weighted by Gasteiger charge is -2.53. The highest BCUT2D eigenvalue weighted by Crippen LogP contribution is 2.41. The van der Waals surface area contributed by atoms with Gasteiger partial charge >= 0.3 is 6.18 Å². The molecule has 5 aliphatic rings. The van der Waals surface area contributed by atoms with Crippen molar-refractivity contribution in [2.24, 2.45) is 11.8 Å². The van der Waals surface area contributed by atoms with Crippen LogP contribution < -0.4 is 10.7 Å². The maximum Gasteiger partial charge on any atom is 0.409 e. The fourth-order valence-electron chi connectivity index (χ4n) is 7.59. The Morgan fingerprint density at radius 1 is 1.05 bits per heavy atom. The molecular weight excluding hydrogens is 531 g/mol. The number of hydrazine groups is 1. The number of hydrogen-bond acceptors (Lipinski definition) is 7. The van der Waals surface area contributed by atoms with Crippen LogP contribution >= 0.6 is 11.6 Å². The van der Waals surface area contributed by atoms with E-state index in [2.05, 4.69) is 20.7 Å². The van der Waals surface area contributed by atoms with Crippen molar-refractivity contribution >= 4 is 27.3 Å². The van der Waals surface area contributed by atoms with E-state index in [1.165, 1.54) is 7.05 Å². The zero-order chi connectivity index (χ0) is 26.5. The van der Waals surface area contributed by atoms with E-state index in [4.69, 9.17) is 11.6 Å². The topological polar surface area (TPSA) is 85.0 Å². The maximum atomic E-state index is 14.3. The van der Waals surface area contributed by atoms with Crippen LogP contribution in [0.1, 0.15) is 57.8 Å². The summed E-state index contributed by atoms with van der Waals surface area (Å²) in [5.41, 5.74) is 3.30. The first kappa shape index (κ1) is 27.9. The molecule has 8 nitrogen and oxygen atoms in total. The second-order valence-electron chi connectivity index (χ2n) is 11.6. The summed E-state index contributed by atoms with van der Waals surface area (Å²) >= 11 is 6.34. The molecule has 2 N–H and O–H groups in total. The molecule has 0 aromatic carbocycles. The molecule has 1 saturated carbocycles. The highest BCUT2D eigenvalue weighted by molar-refractivity contribution is 7.91. The van der Waals surface area contributed by atoms with Crippen molar-refractivity contribution in [1.82, 2.24) is 25.6 Å². The number of fused-ring (bicyclic) bond motifs is 3. The van der Waals surface area contributed by atoms with Gasteiger partial charge in [-0.25, -0.2) is 18.9 Å². The average Bonchev–Trinajstić information content (AvgIpc) is 3.24. The number of carbonyl (C=O) groups is 1. The van der Waals surface area contributed by atoms with Crippen molar-refractivity contribution in [2.75, 3.05) is 31.6 Å². The van der Waals surface area contributed by atoms with Crippen molar-refractivity contribution in [1.29, 1.82) is 0 Å². The summed E-state index contributed by atoms with van der Waals surface area (Å²) in [5.74, 6) is -2.15. The molecular formula is C24H39ClF3N5O3S. The second-order valence-corrected chi connectivity index (χ2v) is 14.4. The van der Waals surface area contributed by atoms with E-state index in [9.17, 15) is 26.4 Å². The molecule has 0 radical (unpaired) electrons. The van der Waals surface area contributed by atoms with Gasteiger partial charge in [-0.15, -0.1) is 11.6 Å². The van der Waals surface area contributed by atoms with E-state index in [1.54, 1.807) is 0 Å². The van der Waals surface area contributed by atoms with Crippen molar-refractivity contribution in [3.8, 4) is 0 Å². The third-order valence-electron chi connectivity index (χ3n) is 9.42. The van der Waals surface area contributed by atoms with Crippen LogP contribution in [0.25, 0.3) is 0 Å². The Kier molecular flexibility index (Phi) is 8.08. The fraction of sp³-hybridized carbons (Fsp3) is 0.958. The Labute approximate surface area is 222 Å². The zero-order valence-corrected chi connectivity index (χ0v) is 22.9. The van der Waals surface area contributed by atoms with E-state index in [0.717, 1.165) is 37.3 Å². The number of nitrogens with one attached hydrogen (secondary N) is 2. The Bertz CT molecular complexity index is 934. The summed E-state index contributed by atoms with van der Waals surface area (Å²) in [6.07, 6.45) is 1.08. The zero-order valence-electron chi connectivity index (χ0n) is 21.3. The van der Waals surface area contributed by atoms with E-state index in [1.807, 2.05) is 0 Å². The first-order valence-corrected chi connectivity index (χ1v) is 15.9. The summed E-state index contributed by atoms with van der Waals surface area (Å²) < 4.78 is 66.4. The fourth-order valence-corrected chi connectivity index (χ4v) is 9.36. The summed E-state index contributed by atoms with van der Waals surface area (Å²) in [6.45, 7) is 1.81. The molecule has 0 spiro atoms. The number of amides is 1. The maximum absolute atomic E-state index is 14.3. The number of rotatable bonds is 4. The van der Waals surface area contributed by atoms with Gasteiger partial charge in [0.15, 0.2) is 0 Å². The highest BCUT2D eigenvalue weighted by Gasteiger charge is 2.52. The SMILES string of the molecule is CN(C(=O)C1CCS(=O)(=O)CC1)[C@@H](C1CCC(N2CCCC3C2CNC2CC(Cl)NN23)CC1)C(F)(F)F. The van der Waals surface area contributed by atoms with Crippen molar-refractivity contribution in [3.63, 3.8) is 0 Å². The second kappa shape index (κ2) is 10.7. The third-order valence-corrected chi connectivity index (χ3v) is 11.4. The van der Waals surface area contributed by atoms with Gasteiger partial charge in [0.2, 0.25) is 5.91 Å².